The molecule has 0 amide bonds. The van der Waals surface area contributed by atoms with Crippen molar-refractivity contribution >= 4 is 5.65 Å². The molecule has 1 saturated heterocycles. The molecular formula is C15H23N5. The van der Waals surface area contributed by atoms with E-state index in [-0.39, 0.29) is 0 Å². The maximum Gasteiger partial charge on any atom is 0.155 e. The molecule has 0 aromatic carbocycles. The fourth-order valence-corrected chi connectivity index (χ4v) is 2.83. The number of nitrogens with zero attached hydrogens (tertiary/aromatic N) is 4. The summed E-state index contributed by atoms with van der Waals surface area (Å²) < 4.78 is 1.86. The van der Waals surface area contributed by atoms with E-state index in [2.05, 4.69) is 33.4 Å². The predicted molar refractivity (Wildman–Crippen MR) is 79.7 cm³/mol. The monoisotopic (exact) mass is 273 g/mol. The highest BCUT2D eigenvalue weighted by Crippen LogP contribution is 2.08. The van der Waals surface area contributed by atoms with Crippen molar-refractivity contribution < 1.29 is 0 Å². The Morgan fingerprint density at radius 1 is 1.35 bits per heavy atom. The molecule has 0 spiro atoms. The first kappa shape index (κ1) is 13.5. The second-order valence-corrected chi connectivity index (χ2v) is 5.84. The molecule has 1 aliphatic heterocycles. The lowest BCUT2D eigenvalue weighted by Gasteiger charge is -2.21. The molecule has 0 radical (unpaired) electrons. The average molecular weight is 273 g/mol. The minimum Gasteiger partial charge on any atom is -0.309 e. The zero-order valence-electron chi connectivity index (χ0n) is 12.3. The zero-order valence-corrected chi connectivity index (χ0v) is 12.3. The fourth-order valence-electron chi connectivity index (χ4n) is 2.83. The van der Waals surface area contributed by atoms with Crippen LogP contribution in [0.15, 0.2) is 18.5 Å². The third-order valence-electron chi connectivity index (χ3n) is 3.87. The Labute approximate surface area is 120 Å². The summed E-state index contributed by atoms with van der Waals surface area (Å²) in [6.07, 6.45) is 6.70. The first-order chi connectivity index (χ1) is 9.70. The largest absolute Gasteiger partial charge is 0.309 e. The van der Waals surface area contributed by atoms with Gasteiger partial charge in [0.2, 0.25) is 0 Å². The molecule has 1 N–H and O–H groups in total. The summed E-state index contributed by atoms with van der Waals surface area (Å²) in [4.78, 5) is 6.97. The molecular weight excluding hydrogens is 250 g/mol. The van der Waals surface area contributed by atoms with Gasteiger partial charge in [-0.2, -0.15) is 5.10 Å². The SMILES string of the molecule is Cc1cc2ncc(CNC(C)CN3CCCC3)cn2n1. The van der Waals surface area contributed by atoms with Crippen LogP contribution in [-0.4, -0.2) is 45.2 Å². The van der Waals surface area contributed by atoms with Gasteiger partial charge in [-0.1, -0.05) is 0 Å². The number of nitrogens with one attached hydrogen (secondary N) is 1. The van der Waals surface area contributed by atoms with Crippen molar-refractivity contribution in [1.82, 2.24) is 24.8 Å². The Bertz CT molecular complexity index is 571. The Morgan fingerprint density at radius 2 is 2.15 bits per heavy atom. The van der Waals surface area contributed by atoms with E-state index in [1.807, 2.05) is 23.7 Å². The smallest absolute Gasteiger partial charge is 0.155 e. The second-order valence-electron chi connectivity index (χ2n) is 5.84. The van der Waals surface area contributed by atoms with Crippen LogP contribution in [0.25, 0.3) is 5.65 Å². The number of likely N-dealkylation sites (tertiary alicyclic amines) is 1. The molecule has 5 heteroatoms. The van der Waals surface area contributed by atoms with E-state index in [9.17, 15) is 0 Å². The highest BCUT2D eigenvalue weighted by atomic mass is 15.2. The van der Waals surface area contributed by atoms with Gasteiger partial charge in [0.1, 0.15) is 0 Å². The molecule has 0 aliphatic carbocycles. The van der Waals surface area contributed by atoms with Gasteiger partial charge in [0.25, 0.3) is 0 Å². The lowest BCUT2D eigenvalue weighted by atomic mass is 10.2. The third-order valence-corrected chi connectivity index (χ3v) is 3.87. The maximum atomic E-state index is 4.43. The molecule has 0 saturated carbocycles. The Morgan fingerprint density at radius 3 is 2.95 bits per heavy atom. The Hall–Kier alpha value is -1.46. The van der Waals surface area contributed by atoms with Crippen molar-refractivity contribution in [3.8, 4) is 0 Å². The van der Waals surface area contributed by atoms with Crippen LogP contribution < -0.4 is 5.32 Å². The first-order valence-corrected chi connectivity index (χ1v) is 7.47. The van der Waals surface area contributed by atoms with Crippen LogP contribution in [0.3, 0.4) is 0 Å². The topological polar surface area (TPSA) is 45.5 Å². The van der Waals surface area contributed by atoms with Crippen LogP contribution in [0.4, 0.5) is 0 Å². The number of hydrogen-bond acceptors (Lipinski definition) is 4. The second kappa shape index (κ2) is 5.89. The zero-order chi connectivity index (χ0) is 13.9. The van der Waals surface area contributed by atoms with E-state index in [0.29, 0.717) is 6.04 Å². The maximum absolute atomic E-state index is 4.43. The lowest BCUT2D eigenvalue weighted by molar-refractivity contribution is 0.298. The van der Waals surface area contributed by atoms with Crippen molar-refractivity contribution in [3.05, 3.63) is 29.7 Å². The molecule has 2 aromatic rings. The minimum atomic E-state index is 0.503. The van der Waals surface area contributed by atoms with E-state index in [4.69, 9.17) is 0 Å². The van der Waals surface area contributed by atoms with Gasteiger partial charge in [-0.25, -0.2) is 9.50 Å². The molecule has 5 nitrogen and oxygen atoms in total. The van der Waals surface area contributed by atoms with Gasteiger partial charge in [-0.15, -0.1) is 0 Å². The standard InChI is InChI=1S/C15H23N5/c1-12-7-15-17-9-14(11-20(15)18-12)8-16-13(2)10-19-5-3-4-6-19/h7,9,11,13,16H,3-6,8,10H2,1-2H3. The highest BCUT2D eigenvalue weighted by molar-refractivity contribution is 5.38. The quantitative estimate of drug-likeness (QED) is 0.899. The normalized spacial score (nSPS) is 17.9. The van der Waals surface area contributed by atoms with Gasteiger partial charge < -0.3 is 10.2 Å². The van der Waals surface area contributed by atoms with Crippen LogP contribution in [0.2, 0.25) is 0 Å². The van der Waals surface area contributed by atoms with Crippen LogP contribution in [0, 0.1) is 6.92 Å². The molecule has 3 heterocycles. The number of fused-ring (bicyclic) bond motifs is 1. The average Bonchev–Trinajstić information content (AvgIpc) is 3.04. The molecule has 108 valence electrons. The van der Waals surface area contributed by atoms with Gasteiger partial charge >= 0.3 is 0 Å². The Balaban J connectivity index is 1.55. The molecule has 1 fully saturated rings. The van der Waals surface area contributed by atoms with Crippen LogP contribution in [-0.2, 0) is 6.54 Å². The minimum absolute atomic E-state index is 0.503. The molecule has 2 aromatic heterocycles. The van der Waals surface area contributed by atoms with Crippen LogP contribution in [0.1, 0.15) is 31.0 Å². The van der Waals surface area contributed by atoms with Gasteiger partial charge in [0.05, 0.1) is 5.69 Å². The van der Waals surface area contributed by atoms with Gasteiger partial charge in [-0.3, -0.25) is 0 Å². The van der Waals surface area contributed by atoms with Crippen molar-refractivity contribution in [2.24, 2.45) is 0 Å². The van der Waals surface area contributed by atoms with Crippen molar-refractivity contribution in [3.63, 3.8) is 0 Å². The van der Waals surface area contributed by atoms with Crippen LogP contribution >= 0.6 is 0 Å². The molecule has 1 unspecified atom stereocenters. The fraction of sp³-hybridized carbons (Fsp3) is 0.600. The summed E-state index contributed by atoms with van der Waals surface area (Å²) in [5.74, 6) is 0. The third kappa shape index (κ3) is 3.16. The van der Waals surface area contributed by atoms with E-state index < -0.39 is 0 Å². The number of aryl methyl sites for hydroxylation is 1. The van der Waals surface area contributed by atoms with Crippen molar-refractivity contribution in [1.29, 1.82) is 0 Å². The number of aromatic nitrogens is 3. The van der Waals surface area contributed by atoms with E-state index in [1.165, 1.54) is 31.5 Å². The van der Waals surface area contributed by atoms with Gasteiger partial charge in [-0.05, 0) is 39.8 Å². The van der Waals surface area contributed by atoms with Crippen molar-refractivity contribution in [2.75, 3.05) is 19.6 Å². The number of hydrogen-bond donors (Lipinski definition) is 1. The summed E-state index contributed by atoms with van der Waals surface area (Å²) in [5, 5.41) is 7.98. The molecule has 3 rings (SSSR count). The number of rotatable bonds is 5. The molecule has 0 bridgehead atoms. The van der Waals surface area contributed by atoms with E-state index in [1.54, 1.807) is 0 Å². The van der Waals surface area contributed by atoms with E-state index >= 15 is 0 Å². The van der Waals surface area contributed by atoms with Gasteiger partial charge in [0, 0.05) is 43.2 Å². The summed E-state index contributed by atoms with van der Waals surface area (Å²) >= 11 is 0. The first-order valence-electron chi connectivity index (χ1n) is 7.47. The highest BCUT2D eigenvalue weighted by Gasteiger charge is 2.14. The summed E-state index contributed by atoms with van der Waals surface area (Å²) in [6, 6.07) is 2.50. The van der Waals surface area contributed by atoms with E-state index in [0.717, 1.165) is 24.4 Å². The predicted octanol–water partition coefficient (Wildman–Crippen LogP) is 1.61. The lowest BCUT2D eigenvalue weighted by Crippen LogP contribution is -2.37. The molecule has 1 atom stereocenters. The van der Waals surface area contributed by atoms with Crippen molar-refractivity contribution in [2.45, 2.75) is 39.3 Å². The van der Waals surface area contributed by atoms with Crippen LogP contribution in [0.5, 0.6) is 0 Å². The molecule has 20 heavy (non-hydrogen) atoms. The molecule has 1 aliphatic rings. The summed E-state index contributed by atoms with van der Waals surface area (Å²) in [6.45, 7) is 8.73. The Kier molecular flexibility index (Phi) is 3.98. The summed E-state index contributed by atoms with van der Waals surface area (Å²) in [5.41, 5.74) is 3.09. The van der Waals surface area contributed by atoms with Gasteiger partial charge in [0.15, 0.2) is 5.65 Å². The summed E-state index contributed by atoms with van der Waals surface area (Å²) in [7, 11) is 0.